The molecule has 1 aliphatic rings. The van der Waals surface area contributed by atoms with Gasteiger partial charge in [-0.05, 0) is 42.8 Å². The Morgan fingerprint density at radius 2 is 1.96 bits per heavy atom. The molecule has 1 heterocycles. The summed E-state index contributed by atoms with van der Waals surface area (Å²) in [6, 6.07) is 11.8. The third-order valence-electron chi connectivity index (χ3n) is 3.57. The molecule has 0 unspecified atom stereocenters. The summed E-state index contributed by atoms with van der Waals surface area (Å²) >= 11 is 5.98. The molecule has 25 heavy (non-hydrogen) atoms. The Morgan fingerprint density at radius 1 is 1.24 bits per heavy atom. The van der Waals surface area contributed by atoms with Crippen LogP contribution in [0, 0.1) is 0 Å². The zero-order valence-electron chi connectivity index (χ0n) is 13.3. The maximum atomic E-state index is 12.5. The van der Waals surface area contributed by atoms with Gasteiger partial charge in [0.25, 0.3) is 11.8 Å². The van der Waals surface area contributed by atoms with Gasteiger partial charge < -0.3 is 9.84 Å². The Hall–Kier alpha value is -2.99. The molecule has 2 amide bonds. The minimum Gasteiger partial charge on any atom is -0.503 e. The highest BCUT2D eigenvalue weighted by atomic mass is 35.5. The summed E-state index contributed by atoms with van der Waals surface area (Å²) in [7, 11) is 0. The Labute approximate surface area is 149 Å². The van der Waals surface area contributed by atoms with Crippen LogP contribution in [0.1, 0.15) is 12.5 Å². The average Bonchev–Trinajstić information content (AvgIpc) is 2.88. The third-order valence-corrected chi connectivity index (χ3v) is 3.86. The standard InChI is InChI=1S/C18H15ClN2O4/c1-2-25-15-10-11(9-14(19)16(15)22)8-13-17(23)20-21(18(13)24)12-6-4-3-5-7-12/h3-10,22H,2H2,1H3,(H,20,23)/b13-8-. The van der Waals surface area contributed by atoms with E-state index < -0.39 is 11.8 Å². The molecule has 0 radical (unpaired) electrons. The molecule has 2 aromatic carbocycles. The molecule has 128 valence electrons. The van der Waals surface area contributed by atoms with Crippen LogP contribution in [0.4, 0.5) is 5.69 Å². The highest BCUT2D eigenvalue weighted by molar-refractivity contribution is 6.33. The molecule has 0 bridgehead atoms. The molecule has 0 spiro atoms. The predicted molar refractivity (Wildman–Crippen MR) is 94.3 cm³/mol. The van der Waals surface area contributed by atoms with E-state index in [0.29, 0.717) is 17.9 Å². The lowest BCUT2D eigenvalue weighted by atomic mass is 10.1. The molecule has 7 heteroatoms. The van der Waals surface area contributed by atoms with E-state index in [1.165, 1.54) is 23.2 Å². The largest absolute Gasteiger partial charge is 0.503 e. The number of hydrogen-bond donors (Lipinski definition) is 2. The van der Waals surface area contributed by atoms with Crippen LogP contribution >= 0.6 is 11.6 Å². The van der Waals surface area contributed by atoms with E-state index in [9.17, 15) is 14.7 Å². The Bertz CT molecular complexity index is 865. The van der Waals surface area contributed by atoms with Crippen molar-refractivity contribution in [1.82, 2.24) is 5.43 Å². The third kappa shape index (κ3) is 3.29. The molecule has 6 nitrogen and oxygen atoms in total. The quantitative estimate of drug-likeness (QED) is 0.650. The van der Waals surface area contributed by atoms with Crippen LogP contribution in [-0.4, -0.2) is 23.5 Å². The summed E-state index contributed by atoms with van der Waals surface area (Å²) in [5.41, 5.74) is 3.52. The van der Waals surface area contributed by atoms with E-state index in [2.05, 4.69) is 5.43 Å². The fourth-order valence-corrected chi connectivity index (χ4v) is 2.64. The molecule has 2 N–H and O–H groups in total. The van der Waals surface area contributed by atoms with Gasteiger partial charge in [0.1, 0.15) is 5.57 Å². The maximum Gasteiger partial charge on any atom is 0.282 e. The number of phenolic OH excluding ortho intramolecular Hbond substituents is 1. The molecule has 1 aliphatic heterocycles. The SMILES string of the molecule is CCOc1cc(/C=C2/C(=O)NN(c3ccccc3)C2=O)cc(Cl)c1O. The van der Waals surface area contributed by atoms with Crippen LogP contribution in [0.25, 0.3) is 6.08 Å². The van der Waals surface area contributed by atoms with E-state index in [4.69, 9.17) is 16.3 Å². The first-order chi connectivity index (χ1) is 12.0. The van der Waals surface area contributed by atoms with Crippen molar-refractivity contribution < 1.29 is 19.4 Å². The first-order valence-corrected chi connectivity index (χ1v) is 7.96. The van der Waals surface area contributed by atoms with Gasteiger partial charge in [-0.25, -0.2) is 5.01 Å². The number of anilines is 1. The molecule has 2 aromatic rings. The normalized spacial score (nSPS) is 15.6. The van der Waals surface area contributed by atoms with Gasteiger partial charge in [-0.15, -0.1) is 0 Å². The summed E-state index contributed by atoms with van der Waals surface area (Å²) in [6.45, 7) is 2.11. The molecule has 0 atom stereocenters. The first kappa shape index (κ1) is 16.9. The van der Waals surface area contributed by atoms with E-state index in [1.807, 2.05) is 6.07 Å². The molecule has 0 aromatic heterocycles. The summed E-state index contributed by atoms with van der Waals surface area (Å²) in [6.07, 6.45) is 1.41. The number of nitrogens with zero attached hydrogens (tertiary/aromatic N) is 1. The number of hydrogen-bond acceptors (Lipinski definition) is 4. The number of benzene rings is 2. The number of para-hydroxylation sites is 1. The Kier molecular flexibility index (Phi) is 4.63. The van der Waals surface area contributed by atoms with Gasteiger partial charge in [-0.3, -0.25) is 15.0 Å². The predicted octanol–water partition coefficient (Wildman–Crippen LogP) is 2.91. The van der Waals surface area contributed by atoms with Crippen LogP contribution < -0.4 is 15.2 Å². The van der Waals surface area contributed by atoms with Crippen molar-refractivity contribution >= 4 is 35.2 Å². The molecule has 1 saturated heterocycles. The van der Waals surface area contributed by atoms with Crippen molar-refractivity contribution in [1.29, 1.82) is 0 Å². The number of halogens is 1. The highest BCUT2D eigenvalue weighted by Crippen LogP contribution is 2.36. The second-order valence-corrected chi connectivity index (χ2v) is 5.66. The minimum atomic E-state index is -0.518. The van der Waals surface area contributed by atoms with Gasteiger partial charge in [-0.2, -0.15) is 0 Å². The number of carbonyl (C=O) groups excluding carboxylic acids is 2. The zero-order valence-corrected chi connectivity index (χ0v) is 14.1. The number of carbonyl (C=O) groups is 2. The van der Waals surface area contributed by atoms with Crippen molar-refractivity contribution in [2.75, 3.05) is 11.6 Å². The fourth-order valence-electron chi connectivity index (χ4n) is 2.43. The maximum absolute atomic E-state index is 12.5. The second kappa shape index (κ2) is 6.86. The van der Waals surface area contributed by atoms with Crippen LogP contribution in [0.2, 0.25) is 5.02 Å². The van der Waals surface area contributed by atoms with Gasteiger partial charge in [0.15, 0.2) is 11.5 Å². The number of ether oxygens (including phenoxy) is 1. The van der Waals surface area contributed by atoms with Crippen molar-refractivity contribution in [3.05, 3.63) is 58.6 Å². The van der Waals surface area contributed by atoms with Gasteiger partial charge in [0.2, 0.25) is 0 Å². The van der Waals surface area contributed by atoms with Gasteiger partial charge in [0, 0.05) is 0 Å². The Balaban J connectivity index is 1.96. The van der Waals surface area contributed by atoms with Crippen molar-refractivity contribution in [2.24, 2.45) is 0 Å². The molecular formula is C18H15ClN2O4. The summed E-state index contributed by atoms with van der Waals surface area (Å²) < 4.78 is 5.31. The van der Waals surface area contributed by atoms with Crippen LogP contribution in [0.3, 0.4) is 0 Å². The number of amides is 2. The van der Waals surface area contributed by atoms with Gasteiger partial charge in [0.05, 0.1) is 17.3 Å². The summed E-state index contributed by atoms with van der Waals surface area (Å²) in [5.74, 6) is -0.985. The fraction of sp³-hybridized carbons (Fsp3) is 0.111. The monoisotopic (exact) mass is 358 g/mol. The summed E-state index contributed by atoms with van der Waals surface area (Å²) in [5, 5.41) is 11.1. The topological polar surface area (TPSA) is 78.9 Å². The number of hydrazine groups is 1. The number of nitrogens with one attached hydrogen (secondary N) is 1. The molecule has 1 fully saturated rings. The second-order valence-electron chi connectivity index (χ2n) is 5.26. The number of rotatable bonds is 4. The lowest BCUT2D eigenvalue weighted by Crippen LogP contribution is -2.35. The molecule has 3 rings (SSSR count). The lowest BCUT2D eigenvalue weighted by Gasteiger charge is -2.13. The molecular weight excluding hydrogens is 344 g/mol. The highest BCUT2D eigenvalue weighted by Gasteiger charge is 2.34. The Morgan fingerprint density at radius 3 is 2.64 bits per heavy atom. The number of phenols is 1. The molecule has 0 saturated carbocycles. The minimum absolute atomic E-state index is 0.0342. The van der Waals surface area contributed by atoms with Crippen LogP contribution in [-0.2, 0) is 9.59 Å². The van der Waals surface area contributed by atoms with Crippen LogP contribution in [0.5, 0.6) is 11.5 Å². The van der Waals surface area contributed by atoms with Gasteiger partial charge >= 0.3 is 0 Å². The summed E-state index contributed by atoms with van der Waals surface area (Å²) in [4.78, 5) is 24.7. The van der Waals surface area contributed by atoms with E-state index in [1.54, 1.807) is 31.2 Å². The van der Waals surface area contributed by atoms with Crippen LogP contribution in [0.15, 0.2) is 48.0 Å². The first-order valence-electron chi connectivity index (χ1n) is 7.58. The zero-order chi connectivity index (χ0) is 18.0. The van der Waals surface area contributed by atoms with Crippen molar-refractivity contribution in [3.63, 3.8) is 0 Å². The van der Waals surface area contributed by atoms with E-state index >= 15 is 0 Å². The van der Waals surface area contributed by atoms with E-state index in [0.717, 1.165) is 0 Å². The average molecular weight is 359 g/mol. The molecule has 0 aliphatic carbocycles. The van der Waals surface area contributed by atoms with Crippen molar-refractivity contribution in [3.8, 4) is 11.5 Å². The lowest BCUT2D eigenvalue weighted by molar-refractivity contribution is -0.117. The van der Waals surface area contributed by atoms with Crippen molar-refractivity contribution in [2.45, 2.75) is 6.92 Å². The van der Waals surface area contributed by atoms with E-state index in [-0.39, 0.29) is 22.1 Å². The number of aromatic hydroxyl groups is 1. The van der Waals surface area contributed by atoms with Gasteiger partial charge in [-0.1, -0.05) is 29.8 Å². The smallest absolute Gasteiger partial charge is 0.282 e.